The molecule has 20 heavy (non-hydrogen) atoms. The average Bonchev–Trinajstić information content (AvgIpc) is 2.41. The molecule has 1 aliphatic heterocycles. The first-order valence-electron chi connectivity index (χ1n) is 7.16. The summed E-state index contributed by atoms with van der Waals surface area (Å²) < 4.78 is 38.2. The van der Waals surface area contributed by atoms with Crippen molar-refractivity contribution in [2.24, 2.45) is 0 Å². The van der Waals surface area contributed by atoms with Crippen LogP contribution in [0.25, 0.3) is 0 Å². The molecule has 1 rings (SSSR count). The van der Waals surface area contributed by atoms with Gasteiger partial charge in [0.15, 0.2) is 0 Å². The van der Waals surface area contributed by atoms with Crippen molar-refractivity contribution in [1.29, 1.82) is 0 Å². The van der Waals surface area contributed by atoms with Crippen LogP contribution in [0.2, 0.25) is 0 Å². The van der Waals surface area contributed by atoms with E-state index in [9.17, 15) is 18.0 Å². The Hall–Kier alpha value is -0.820. The fraction of sp³-hybridized carbons (Fsp3) is 0.923. The Morgan fingerprint density at radius 3 is 2.50 bits per heavy atom. The molecular weight excluding hydrogens is 271 g/mol. The van der Waals surface area contributed by atoms with Crippen molar-refractivity contribution >= 4 is 5.91 Å². The number of rotatable bonds is 6. The Kier molecular flexibility index (Phi) is 6.75. The highest BCUT2D eigenvalue weighted by Crippen LogP contribution is 2.23. The number of carbonyl (C=O) groups excluding carboxylic acids is 1. The largest absolute Gasteiger partial charge is 0.401 e. The molecule has 1 saturated heterocycles. The molecule has 0 aliphatic carbocycles. The molecule has 0 aromatic carbocycles. The summed E-state index contributed by atoms with van der Waals surface area (Å²) in [5.74, 6) is -0.324. The van der Waals surface area contributed by atoms with Crippen molar-refractivity contribution in [3.8, 4) is 0 Å². The Morgan fingerprint density at radius 2 is 2.00 bits per heavy atom. The molecule has 4 nitrogen and oxygen atoms in total. The molecule has 7 heteroatoms. The van der Waals surface area contributed by atoms with Crippen LogP contribution in [0, 0.1) is 0 Å². The molecule has 0 saturated carbocycles. The molecule has 118 valence electrons. The zero-order valence-electron chi connectivity index (χ0n) is 12.1. The van der Waals surface area contributed by atoms with E-state index in [0.717, 1.165) is 6.42 Å². The van der Waals surface area contributed by atoms with Crippen LogP contribution in [-0.2, 0) is 4.79 Å². The number of carbonyl (C=O) groups is 1. The summed E-state index contributed by atoms with van der Waals surface area (Å²) in [6.07, 6.45) is -2.24. The van der Waals surface area contributed by atoms with Crippen LogP contribution in [0.3, 0.4) is 0 Å². The van der Waals surface area contributed by atoms with Gasteiger partial charge in [0.05, 0.1) is 12.6 Å². The number of nitrogens with one attached hydrogen (secondary N) is 2. The average molecular weight is 295 g/mol. The fourth-order valence-corrected chi connectivity index (χ4v) is 2.47. The summed E-state index contributed by atoms with van der Waals surface area (Å²) in [5, 5.41) is 5.80. The molecule has 0 bridgehead atoms. The van der Waals surface area contributed by atoms with Gasteiger partial charge in [-0.1, -0.05) is 6.92 Å². The minimum Gasteiger partial charge on any atom is -0.355 e. The first-order valence-corrected chi connectivity index (χ1v) is 7.16. The second kappa shape index (κ2) is 7.83. The number of nitrogens with zero attached hydrogens (tertiary/aromatic N) is 1. The van der Waals surface area contributed by atoms with Crippen LogP contribution in [0.5, 0.6) is 0 Å². The van der Waals surface area contributed by atoms with E-state index >= 15 is 0 Å². The molecule has 0 aromatic rings. The predicted octanol–water partition coefficient (Wildman–Crippen LogP) is 1.52. The zero-order chi connectivity index (χ0) is 15.2. The number of amides is 1. The van der Waals surface area contributed by atoms with Crippen molar-refractivity contribution in [2.75, 3.05) is 26.2 Å². The van der Waals surface area contributed by atoms with Crippen LogP contribution < -0.4 is 10.6 Å². The molecule has 1 fully saturated rings. The molecule has 2 N–H and O–H groups in total. The van der Waals surface area contributed by atoms with Gasteiger partial charge in [-0.2, -0.15) is 13.2 Å². The van der Waals surface area contributed by atoms with Crippen molar-refractivity contribution in [1.82, 2.24) is 15.5 Å². The minimum absolute atomic E-state index is 0.194. The molecule has 1 unspecified atom stereocenters. The van der Waals surface area contributed by atoms with Crippen molar-refractivity contribution in [3.05, 3.63) is 0 Å². The lowest BCUT2D eigenvalue weighted by Gasteiger charge is -2.38. The third-order valence-corrected chi connectivity index (χ3v) is 3.57. The summed E-state index contributed by atoms with van der Waals surface area (Å²) in [7, 11) is 0. The van der Waals surface area contributed by atoms with E-state index in [1.165, 1.54) is 4.90 Å². The van der Waals surface area contributed by atoms with E-state index in [0.29, 0.717) is 32.5 Å². The van der Waals surface area contributed by atoms with E-state index in [-0.39, 0.29) is 11.9 Å². The van der Waals surface area contributed by atoms with Gasteiger partial charge in [-0.25, -0.2) is 0 Å². The van der Waals surface area contributed by atoms with Crippen molar-refractivity contribution in [3.63, 3.8) is 0 Å². The molecule has 1 aliphatic rings. The Labute approximate surface area is 118 Å². The smallest absolute Gasteiger partial charge is 0.355 e. The van der Waals surface area contributed by atoms with Crippen LogP contribution in [0.15, 0.2) is 0 Å². The van der Waals surface area contributed by atoms with Gasteiger partial charge in [0, 0.05) is 12.6 Å². The van der Waals surface area contributed by atoms with Crippen molar-refractivity contribution < 1.29 is 18.0 Å². The fourth-order valence-electron chi connectivity index (χ4n) is 2.47. The first kappa shape index (κ1) is 17.2. The quantitative estimate of drug-likeness (QED) is 0.781. The van der Waals surface area contributed by atoms with E-state index in [1.807, 2.05) is 6.92 Å². The van der Waals surface area contributed by atoms with Crippen LogP contribution in [0.4, 0.5) is 13.2 Å². The van der Waals surface area contributed by atoms with Gasteiger partial charge < -0.3 is 10.6 Å². The summed E-state index contributed by atoms with van der Waals surface area (Å²) in [6, 6.07) is -0.952. The molecule has 1 atom stereocenters. The van der Waals surface area contributed by atoms with Gasteiger partial charge in [-0.05, 0) is 39.3 Å². The third kappa shape index (κ3) is 5.66. The number of piperidine rings is 1. The molecule has 1 heterocycles. The van der Waals surface area contributed by atoms with E-state index < -0.39 is 18.8 Å². The second-order valence-corrected chi connectivity index (χ2v) is 5.24. The number of alkyl halides is 3. The third-order valence-electron chi connectivity index (χ3n) is 3.57. The van der Waals surface area contributed by atoms with Crippen LogP contribution >= 0.6 is 0 Å². The van der Waals surface area contributed by atoms with Gasteiger partial charge in [-0.15, -0.1) is 0 Å². The minimum atomic E-state index is -4.29. The lowest BCUT2D eigenvalue weighted by Crippen LogP contribution is -2.55. The van der Waals surface area contributed by atoms with Crippen LogP contribution in [-0.4, -0.2) is 55.2 Å². The molecule has 0 radical (unpaired) electrons. The molecular formula is C13H24F3N3O. The van der Waals surface area contributed by atoms with Gasteiger partial charge in [0.1, 0.15) is 0 Å². The molecule has 1 amide bonds. The maximum absolute atomic E-state index is 12.7. The highest BCUT2D eigenvalue weighted by molar-refractivity contribution is 5.81. The maximum atomic E-state index is 12.7. The zero-order valence-corrected chi connectivity index (χ0v) is 12.1. The van der Waals surface area contributed by atoms with Crippen LogP contribution in [0.1, 0.15) is 33.1 Å². The standard InChI is InChI=1S/C13H24F3N3O/c1-3-6-18-12(20)10(2)19(9-13(14,15)16)11-4-7-17-8-5-11/h10-11,17H,3-9H2,1-2H3,(H,18,20). The Bertz CT molecular complexity index is 304. The first-order chi connectivity index (χ1) is 9.35. The highest BCUT2D eigenvalue weighted by atomic mass is 19.4. The second-order valence-electron chi connectivity index (χ2n) is 5.24. The van der Waals surface area contributed by atoms with E-state index in [1.54, 1.807) is 6.92 Å². The number of halogens is 3. The lowest BCUT2D eigenvalue weighted by atomic mass is 10.0. The highest BCUT2D eigenvalue weighted by Gasteiger charge is 2.38. The predicted molar refractivity (Wildman–Crippen MR) is 71.4 cm³/mol. The Balaban J connectivity index is 2.71. The normalized spacial score (nSPS) is 19.1. The monoisotopic (exact) mass is 295 g/mol. The summed E-state index contributed by atoms with van der Waals surface area (Å²) in [6.45, 7) is 4.32. The van der Waals surface area contributed by atoms with Gasteiger partial charge >= 0.3 is 6.18 Å². The summed E-state index contributed by atoms with van der Waals surface area (Å²) in [5.41, 5.74) is 0. The summed E-state index contributed by atoms with van der Waals surface area (Å²) in [4.78, 5) is 13.2. The topological polar surface area (TPSA) is 44.4 Å². The number of hydrogen-bond acceptors (Lipinski definition) is 3. The lowest BCUT2D eigenvalue weighted by molar-refractivity contribution is -0.161. The Morgan fingerprint density at radius 1 is 1.40 bits per heavy atom. The molecule has 0 aromatic heterocycles. The van der Waals surface area contributed by atoms with E-state index in [2.05, 4.69) is 10.6 Å². The van der Waals surface area contributed by atoms with E-state index in [4.69, 9.17) is 0 Å². The molecule has 0 spiro atoms. The SMILES string of the molecule is CCCNC(=O)C(C)N(CC(F)(F)F)C1CCNCC1. The van der Waals surface area contributed by atoms with Gasteiger partial charge in [0.2, 0.25) is 5.91 Å². The van der Waals surface area contributed by atoms with Gasteiger partial charge in [0.25, 0.3) is 0 Å². The summed E-state index contributed by atoms with van der Waals surface area (Å²) >= 11 is 0. The maximum Gasteiger partial charge on any atom is 0.401 e. The van der Waals surface area contributed by atoms with Gasteiger partial charge in [-0.3, -0.25) is 9.69 Å². The number of hydrogen-bond donors (Lipinski definition) is 2. The van der Waals surface area contributed by atoms with Crippen molar-refractivity contribution in [2.45, 2.75) is 51.4 Å².